The van der Waals surface area contributed by atoms with E-state index in [1.807, 2.05) is 6.07 Å². The number of aromatic nitrogens is 3. The number of pyridine rings is 1. The molecule has 0 amide bonds. The first-order valence-electron chi connectivity index (χ1n) is 13.7. The monoisotopic (exact) mass is 578 g/mol. The van der Waals surface area contributed by atoms with Crippen LogP contribution in [-0.4, -0.2) is 77.2 Å². The number of anilines is 2. The van der Waals surface area contributed by atoms with E-state index in [0.717, 1.165) is 50.0 Å². The summed E-state index contributed by atoms with van der Waals surface area (Å²) in [6, 6.07) is 5.00. The number of nitriles is 1. The van der Waals surface area contributed by atoms with E-state index < -0.39 is 11.6 Å². The van der Waals surface area contributed by atoms with E-state index in [9.17, 15) is 9.65 Å². The molecule has 1 aliphatic heterocycles. The molecule has 1 unspecified atom stereocenters. The molecule has 4 heterocycles. The molecule has 1 saturated carbocycles. The highest BCUT2D eigenvalue weighted by atomic mass is 32.1. The molecule has 1 saturated heterocycles. The van der Waals surface area contributed by atoms with Crippen LogP contribution < -0.4 is 15.8 Å². The molecule has 1 atom stereocenters. The molecule has 0 spiro atoms. The SMILES string of the molecule is CN1CCCC1COc1nc(NCC2(N(C)C)CCC2)c2cnc(-c3ccc(F)c4sc(N)c(C#N)c34)c(F)c2n1. The lowest BCUT2D eigenvalue weighted by atomic mass is 9.75. The van der Waals surface area contributed by atoms with Crippen molar-refractivity contribution in [1.82, 2.24) is 24.8 Å². The van der Waals surface area contributed by atoms with Crippen LogP contribution in [0, 0.1) is 23.0 Å². The molecule has 3 aromatic heterocycles. The Labute approximate surface area is 240 Å². The van der Waals surface area contributed by atoms with Gasteiger partial charge in [-0.2, -0.15) is 15.2 Å². The molecule has 2 aliphatic rings. The second-order valence-electron chi connectivity index (χ2n) is 11.2. The smallest absolute Gasteiger partial charge is 0.319 e. The van der Waals surface area contributed by atoms with E-state index in [2.05, 4.69) is 51.2 Å². The average Bonchev–Trinajstić information content (AvgIpc) is 3.49. The zero-order valence-electron chi connectivity index (χ0n) is 23.3. The van der Waals surface area contributed by atoms with Crippen LogP contribution in [-0.2, 0) is 0 Å². The van der Waals surface area contributed by atoms with E-state index in [1.54, 1.807) is 0 Å². The summed E-state index contributed by atoms with van der Waals surface area (Å²) in [5.41, 5.74) is 6.36. The second-order valence-corrected chi connectivity index (χ2v) is 12.3. The van der Waals surface area contributed by atoms with Crippen molar-refractivity contribution in [1.29, 1.82) is 5.26 Å². The molecular weight excluding hydrogens is 546 g/mol. The Kier molecular flexibility index (Phi) is 7.13. The summed E-state index contributed by atoms with van der Waals surface area (Å²) in [7, 11) is 6.19. The van der Waals surface area contributed by atoms with Crippen molar-refractivity contribution in [2.75, 3.05) is 51.9 Å². The summed E-state index contributed by atoms with van der Waals surface area (Å²) in [6.07, 6.45) is 6.87. The standard InChI is InChI=1S/C29H32F2N8OS/c1-38(2)29(9-5-10-29)15-35-27-19-13-34-23(17-7-8-20(30)25-21(17)18(12-32)26(33)41-25)22(31)24(19)36-28(37-27)40-14-16-6-4-11-39(16)3/h7-8,13,16H,4-6,9-11,14-15,33H2,1-3H3,(H,35,36,37). The van der Waals surface area contributed by atoms with Gasteiger partial charge in [0.15, 0.2) is 5.82 Å². The number of nitrogens with zero attached hydrogens (tertiary/aromatic N) is 6. The van der Waals surface area contributed by atoms with Crippen LogP contribution >= 0.6 is 11.3 Å². The lowest BCUT2D eigenvalue weighted by molar-refractivity contribution is 0.0738. The van der Waals surface area contributed by atoms with Crippen LogP contribution in [0.4, 0.5) is 19.6 Å². The number of ether oxygens (including phenoxy) is 1. The highest BCUT2D eigenvalue weighted by Gasteiger charge is 2.39. The third-order valence-corrected chi connectivity index (χ3v) is 9.77. The van der Waals surface area contributed by atoms with Gasteiger partial charge in [0.1, 0.15) is 40.5 Å². The molecule has 41 heavy (non-hydrogen) atoms. The Morgan fingerprint density at radius 3 is 2.73 bits per heavy atom. The first-order valence-corrected chi connectivity index (χ1v) is 14.6. The number of halogens is 2. The molecule has 1 aromatic carbocycles. The number of likely N-dealkylation sites (tertiary alicyclic amines) is 1. The topological polar surface area (TPSA) is 116 Å². The van der Waals surface area contributed by atoms with E-state index in [-0.39, 0.29) is 55.0 Å². The van der Waals surface area contributed by atoms with Gasteiger partial charge in [0.25, 0.3) is 0 Å². The molecule has 3 N–H and O–H groups in total. The molecular formula is C29H32F2N8OS. The van der Waals surface area contributed by atoms with Gasteiger partial charge in [0.05, 0.1) is 15.6 Å². The van der Waals surface area contributed by atoms with Crippen LogP contribution in [0.15, 0.2) is 18.3 Å². The van der Waals surface area contributed by atoms with E-state index in [0.29, 0.717) is 24.4 Å². The van der Waals surface area contributed by atoms with Crippen molar-refractivity contribution in [2.24, 2.45) is 0 Å². The summed E-state index contributed by atoms with van der Waals surface area (Å²) < 4.78 is 37.3. The summed E-state index contributed by atoms with van der Waals surface area (Å²) in [5, 5.41) is 14.0. The molecule has 0 radical (unpaired) electrons. The van der Waals surface area contributed by atoms with Crippen molar-refractivity contribution in [3.05, 3.63) is 35.5 Å². The second kappa shape index (κ2) is 10.6. The predicted octanol–water partition coefficient (Wildman–Crippen LogP) is 5.01. The molecule has 9 nitrogen and oxygen atoms in total. The minimum Gasteiger partial charge on any atom is -0.462 e. The van der Waals surface area contributed by atoms with Gasteiger partial charge in [-0.1, -0.05) is 0 Å². The molecule has 12 heteroatoms. The highest BCUT2D eigenvalue weighted by molar-refractivity contribution is 7.23. The van der Waals surface area contributed by atoms with Gasteiger partial charge in [-0.15, -0.1) is 11.3 Å². The minimum atomic E-state index is -0.705. The molecule has 6 rings (SSSR count). The predicted molar refractivity (Wildman–Crippen MR) is 157 cm³/mol. The number of fused-ring (bicyclic) bond motifs is 2. The van der Waals surface area contributed by atoms with E-state index in [4.69, 9.17) is 10.5 Å². The summed E-state index contributed by atoms with van der Waals surface area (Å²) in [6.45, 7) is 2.01. The minimum absolute atomic E-state index is 0.0109. The number of hydrogen-bond donors (Lipinski definition) is 2. The number of benzene rings is 1. The van der Waals surface area contributed by atoms with Crippen LogP contribution in [0.2, 0.25) is 0 Å². The quantitative estimate of drug-likeness (QED) is 0.298. The first kappa shape index (κ1) is 27.5. The number of hydrogen-bond acceptors (Lipinski definition) is 10. The Bertz CT molecular complexity index is 1680. The largest absolute Gasteiger partial charge is 0.462 e. The Morgan fingerprint density at radius 2 is 2.07 bits per heavy atom. The Morgan fingerprint density at radius 1 is 1.27 bits per heavy atom. The van der Waals surface area contributed by atoms with Gasteiger partial charge in [0, 0.05) is 35.3 Å². The maximum Gasteiger partial charge on any atom is 0.319 e. The van der Waals surface area contributed by atoms with Gasteiger partial charge in [0.2, 0.25) is 0 Å². The molecule has 1 aliphatic carbocycles. The van der Waals surface area contributed by atoms with Gasteiger partial charge < -0.3 is 25.6 Å². The first-order chi connectivity index (χ1) is 19.7. The maximum atomic E-state index is 16.4. The van der Waals surface area contributed by atoms with Crippen LogP contribution in [0.25, 0.3) is 32.2 Å². The Balaban J connectivity index is 1.46. The van der Waals surface area contributed by atoms with E-state index in [1.165, 1.54) is 18.3 Å². The van der Waals surface area contributed by atoms with Gasteiger partial charge in [-0.25, -0.2) is 8.78 Å². The Hall–Kier alpha value is -3.66. The third kappa shape index (κ3) is 4.71. The fourth-order valence-electron chi connectivity index (χ4n) is 5.90. The lowest BCUT2D eigenvalue weighted by Crippen LogP contribution is -2.54. The lowest BCUT2D eigenvalue weighted by Gasteiger charge is -2.47. The zero-order valence-corrected chi connectivity index (χ0v) is 24.1. The fraction of sp³-hybridized carbons (Fsp3) is 0.448. The van der Waals surface area contributed by atoms with Crippen molar-refractivity contribution in [3.63, 3.8) is 0 Å². The summed E-state index contributed by atoms with van der Waals surface area (Å²) >= 11 is 0.957. The van der Waals surface area contributed by atoms with Crippen molar-refractivity contribution >= 4 is 43.1 Å². The molecule has 214 valence electrons. The number of nitrogens with one attached hydrogen (secondary N) is 1. The zero-order chi connectivity index (χ0) is 28.9. The average molecular weight is 579 g/mol. The molecule has 4 aromatic rings. The number of nitrogen functional groups attached to an aromatic ring is 1. The summed E-state index contributed by atoms with van der Waals surface area (Å²) in [4.78, 5) is 18.0. The van der Waals surface area contributed by atoms with E-state index >= 15 is 4.39 Å². The third-order valence-electron chi connectivity index (χ3n) is 8.74. The van der Waals surface area contributed by atoms with Crippen molar-refractivity contribution in [2.45, 2.75) is 43.7 Å². The van der Waals surface area contributed by atoms with Crippen LogP contribution in [0.5, 0.6) is 6.01 Å². The van der Waals surface area contributed by atoms with Crippen molar-refractivity contribution in [3.8, 4) is 23.3 Å². The highest BCUT2D eigenvalue weighted by Crippen LogP contribution is 2.42. The van der Waals surface area contributed by atoms with Gasteiger partial charge >= 0.3 is 6.01 Å². The van der Waals surface area contributed by atoms with Crippen molar-refractivity contribution < 1.29 is 13.5 Å². The normalized spacial score (nSPS) is 18.6. The molecule has 2 fully saturated rings. The maximum absolute atomic E-state index is 16.4. The fourth-order valence-corrected chi connectivity index (χ4v) is 6.85. The van der Waals surface area contributed by atoms with Crippen LogP contribution in [0.1, 0.15) is 37.7 Å². The van der Waals surface area contributed by atoms with Crippen LogP contribution in [0.3, 0.4) is 0 Å². The number of likely N-dealkylation sites (N-methyl/N-ethyl adjacent to an activating group) is 2. The van der Waals surface area contributed by atoms with Gasteiger partial charge in [-0.05, 0) is 71.9 Å². The molecule has 0 bridgehead atoms. The van der Waals surface area contributed by atoms with Gasteiger partial charge in [-0.3, -0.25) is 4.98 Å². The summed E-state index contributed by atoms with van der Waals surface area (Å²) in [5.74, 6) is -0.795. The number of nitrogens with two attached hydrogens (primary N) is 1. The number of rotatable bonds is 8. The number of thiophene rings is 1.